The number of rotatable bonds is 14. The van der Waals surface area contributed by atoms with Crippen molar-refractivity contribution in [3.63, 3.8) is 0 Å². The highest BCUT2D eigenvalue weighted by Crippen LogP contribution is 2.42. The number of fused-ring (bicyclic) bond motifs is 2. The van der Waals surface area contributed by atoms with Crippen molar-refractivity contribution in [3.05, 3.63) is 126 Å². The zero-order valence-electron chi connectivity index (χ0n) is 28.3. The number of carbonyl (C=O) groups is 2. The first-order valence-corrected chi connectivity index (χ1v) is 16.0. The van der Waals surface area contributed by atoms with Gasteiger partial charge in [-0.15, -0.1) is 0 Å². The minimum absolute atomic E-state index is 0.0219. The van der Waals surface area contributed by atoms with E-state index in [1.165, 1.54) is 36.4 Å². The fourth-order valence-corrected chi connectivity index (χ4v) is 6.24. The third kappa shape index (κ3) is 7.72. The van der Waals surface area contributed by atoms with Crippen LogP contribution in [0.3, 0.4) is 0 Å². The Morgan fingerprint density at radius 3 is 1.22 bits per heavy atom. The van der Waals surface area contributed by atoms with Gasteiger partial charge in [-0.3, -0.25) is 29.8 Å². The van der Waals surface area contributed by atoms with Gasteiger partial charge in [-0.25, -0.2) is 0 Å². The minimum Gasteiger partial charge on any atom is -0.507 e. The molecule has 0 aliphatic heterocycles. The second kappa shape index (κ2) is 13.9. The molecule has 0 heterocycles. The lowest BCUT2D eigenvalue weighted by molar-refractivity contribution is -0.902. The molecule has 4 aromatic rings. The van der Waals surface area contributed by atoms with Gasteiger partial charge in [-0.2, -0.15) is 0 Å². The molecule has 50 heavy (non-hydrogen) atoms. The van der Waals surface area contributed by atoms with Gasteiger partial charge in [-0.1, -0.05) is 0 Å². The average Bonchev–Trinajstić information content (AvgIpc) is 3.05. The normalized spacial score (nSPS) is 12.6. The molecule has 4 N–H and O–H groups in total. The van der Waals surface area contributed by atoms with Crippen LogP contribution in [0.5, 0.6) is 11.5 Å². The summed E-state index contributed by atoms with van der Waals surface area (Å²) in [6.45, 7) is 3.20. The van der Waals surface area contributed by atoms with Crippen LogP contribution in [0.4, 0.5) is 22.7 Å². The molecule has 0 unspecified atom stereocenters. The number of hydrogen-bond donors (Lipinski definition) is 4. The van der Waals surface area contributed by atoms with Crippen LogP contribution in [0.25, 0.3) is 0 Å². The van der Waals surface area contributed by atoms with E-state index in [1.807, 2.05) is 28.2 Å². The number of nitrogens with one attached hydrogen (secondary N) is 2. The van der Waals surface area contributed by atoms with Crippen molar-refractivity contribution >= 4 is 34.3 Å². The van der Waals surface area contributed by atoms with E-state index in [2.05, 4.69) is 10.6 Å². The summed E-state index contributed by atoms with van der Waals surface area (Å²) in [7, 11) is 8.05. The number of ketones is 2. The van der Waals surface area contributed by atoms with Gasteiger partial charge in [-0.05, 0) is 48.5 Å². The number of quaternary nitrogens is 2. The van der Waals surface area contributed by atoms with Gasteiger partial charge in [0.15, 0.2) is 0 Å². The molecular formula is C36H40N6O8+2. The predicted octanol–water partition coefficient (Wildman–Crippen LogP) is 5.07. The van der Waals surface area contributed by atoms with Crippen LogP contribution in [0.1, 0.15) is 43.0 Å². The standard InChI is InChI=1S/C36H38N6O8/c1-41(2,21-23-5-9-25(10-6-23)39(47)48)19-17-37-27-13-14-28(32-31(27)35(45)33-29(43)15-16-30(44)34(33)36(32)46)38-18-20-42(3,4)22-24-7-11-26(12-8-24)40(49)50/h5-16H,17-22H2,1-4H3,(H2-2,37,38,43,44,45,46)/p+2. The van der Waals surface area contributed by atoms with E-state index in [9.17, 15) is 40.0 Å². The Morgan fingerprint density at radius 2 is 0.900 bits per heavy atom. The Morgan fingerprint density at radius 1 is 0.560 bits per heavy atom. The van der Waals surface area contributed by atoms with Gasteiger partial charge in [0, 0.05) is 46.8 Å². The molecule has 0 saturated heterocycles. The number of carbonyl (C=O) groups excluding carboxylic acids is 2. The average molecular weight is 685 g/mol. The molecule has 0 fully saturated rings. The molecule has 260 valence electrons. The van der Waals surface area contributed by atoms with E-state index < -0.39 is 32.9 Å². The molecule has 5 rings (SSSR count). The Bertz CT molecular complexity index is 1830. The van der Waals surface area contributed by atoms with E-state index in [0.717, 1.165) is 11.1 Å². The number of aromatic hydroxyl groups is 2. The molecule has 0 spiro atoms. The zero-order valence-corrected chi connectivity index (χ0v) is 28.3. The van der Waals surface area contributed by atoms with Gasteiger partial charge >= 0.3 is 0 Å². The summed E-state index contributed by atoms with van der Waals surface area (Å²) in [4.78, 5) is 49.1. The number of anilines is 2. The van der Waals surface area contributed by atoms with Crippen molar-refractivity contribution in [1.82, 2.24) is 0 Å². The highest BCUT2D eigenvalue weighted by molar-refractivity contribution is 6.33. The monoisotopic (exact) mass is 684 g/mol. The van der Waals surface area contributed by atoms with Crippen LogP contribution in [-0.4, -0.2) is 95.0 Å². The predicted molar refractivity (Wildman–Crippen MR) is 188 cm³/mol. The van der Waals surface area contributed by atoms with E-state index >= 15 is 0 Å². The third-order valence-electron chi connectivity index (χ3n) is 8.86. The van der Waals surface area contributed by atoms with E-state index in [4.69, 9.17) is 0 Å². The molecule has 1 aliphatic carbocycles. The van der Waals surface area contributed by atoms with Gasteiger partial charge in [0.05, 0.1) is 86.5 Å². The van der Waals surface area contributed by atoms with Crippen LogP contribution in [0.15, 0.2) is 72.8 Å². The highest BCUT2D eigenvalue weighted by Gasteiger charge is 2.38. The molecule has 0 atom stereocenters. The van der Waals surface area contributed by atoms with Crippen LogP contribution < -0.4 is 10.6 Å². The smallest absolute Gasteiger partial charge is 0.269 e. The summed E-state index contributed by atoms with van der Waals surface area (Å²) in [6, 6.07) is 18.6. The maximum absolute atomic E-state index is 14.0. The number of likely N-dealkylation sites (N-methyl/N-ethyl adjacent to an activating group) is 2. The summed E-state index contributed by atoms with van der Waals surface area (Å²) in [5.74, 6) is -2.00. The number of nitro benzene ring substituents is 2. The summed E-state index contributed by atoms with van der Waals surface area (Å²) < 4.78 is 1.04. The summed E-state index contributed by atoms with van der Waals surface area (Å²) in [5.41, 5.74) is 2.38. The number of nitro groups is 2. The van der Waals surface area contributed by atoms with E-state index in [-0.39, 0.29) is 33.6 Å². The van der Waals surface area contributed by atoms with E-state index in [0.29, 0.717) is 59.6 Å². The molecule has 4 aromatic carbocycles. The Balaban J connectivity index is 1.35. The lowest BCUT2D eigenvalue weighted by Gasteiger charge is -2.31. The largest absolute Gasteiger partial charge is 0.507 e. The van der Waals surface area contributed by atoms with Crippen molar-refractivity contribution in [2.75, 3.05) is 65.0 Å². The van der Waals surface area contributed by atoms with Crippen molar-refractivity contribution in [2.24, 2.45) is 0 Å². The minimum atomic E-state index is -0.594. The number of phenolic OH excluding ortho intramolecular Hbond substituents is 2. The lowest BCUT2D eigenvalue weighted by Crippen LogP contribution is -2.42. The first-order valence-electron chi connectivity index (χ1n) is 16.0. The maximum atomic E-state index is 14.0. The number of benzene rings is 4. The summed E-state index contributed by atoms with van der Waals surface area (Å²) in [6.07, 6.45) is 0. The number of hydrogen-bond acceptors (Lipinski definition) is 10. The van der Waals surface area contributed by atoms with Crippen LogP contribution in [-0.2, 0) is 13.1 Å². The van der Waals surface area contributed by atoms with Gasteiger partial charge in [0.25, 0.3) is 11.4 Å². The SMILES string of the molecule is C[N+](C)(CCNc1ccc(NCC[N+](C)(C)Cc2ccc([N+](=O)[O-])cc2)c2c1C(=O)c1c(O)ccc(O)c1C2=O)Cc1ccc([N+](=O)[O-])cc1. The highest BCUT2D eigenvalue weighted by atomic mass is 16.6. The zero-order chi connectivity index (χ0) is 36.4. The molecular weight excluding hydrogens is 644 g/mol. The quantitative estimate of drug-likeness (QED) is 0.0533. The van der Waals surface area contributed by atoms with Crippen molar-refractivity contribution in [3.8, 4) is 11.5 Å². The number of nitrogens with zero attached hydrogens (tertiary/aromatic N) is 4. The van der Waals surface area contributed by atoms with Crippen molar-refractivity contribution in [1.29, 1.82) is 0 Å². The van der Waals surface area contributed by atoms with Gasteiger partial charge in [0.2, 0.25) is 11.6 Å². The maximum Gasteiger partial charge on any atom is 0.269 e. The van der Waals surface area contributed by atoms with Gasteiger partial charge in [0.1, 0.15) is 24.6 Å². The molecule has 1 aliphatic rings. The molecule has 0 aromatic heterocycles. The fraction of sp³-hybridized carbons (Fsp3) is 0.278. The second-order valence-corrected chi connectivity index (χ2v) is 13.8. The van der Waals surface area contributed by atoms with Crippen molar-refractivity contribution in [2.45, 2.75) is 13.1 Å². The molecule has 0 bridgehead atoms. The second-order valence-electron chi connectivity index (χ2n) is 13.8. The molecule has 0 saturated carbocycles. The number of phenols is 2. The van der Waals surface area contributed by atoms with Crippen LogP contribution in [0.2, 0.25) is 0 Å². The first-order chi connectivity index (χ1) is 23.6. The molecule has 0 radical (unpaired) electrons. The lowest BCUT2D eigenvalue weighted by atomic mass is 9.81. The van der Waals surface area contributed by atoms with Crippen LogP contribution in [0, 0.1) is 20.2 Å². The Labute approximate surface area is 288 Å². The van der Waals surface area contributed by atoms with Gasteiger partial charge < -0.3 is 29.8 Å². The van der Waals surface area contributed by atoms with Crippen LogP contribution >= 0.6 is 0 Å². The Kier molecular flexibility index (Phi) is 9.88. The summed E-state index contributed by atoms with van der Waals surface area (Å²) >= 11 is 0. The number of non-ortho nitro benzene ring substituents is 2. The molecule has 0 amide bonds. The summed E-state index contributed by atoms with van der Waals surface area (Å²) in [5, 5.41) is 49.9. The third-order valence-corrected chi connectivity index (χ3v) is 8.86. The fourth-order valence-electron chi connectivity index (χ4n) is 6.24. The first kappa shape index (κ1) is 35.4. The van der Waals surface area contributed by atoms with Crippen molar-refractivity contribution < 1.29 is 38.6 Å². The topological polar surface area (TPSA) is 185 Å². The van der Waals surface area contributed by atoms with E-state index in [1.54, 1.807) is 36.4 Å². The molecule has 14 heteroatoms. The molecule has 14 nitrogen and oxygen atoms in total. The Hall–Kier alpha value is -5.86.